The van der Waals surface area contributed by atoms with Crippen molar-refractivity contribution >= 4 is 5.78 Å². The molecule has 0 amide bonds. The van der Waals surface area contributed by atoms with E-state index in [4.69, 9.17) is 0 Å². The summed E-state index contributed by atoms with van der Waals surface area (Å²) in [6.45, 7) is 6.25. The van der Waals surface area contributed by atoms with Gasteiger partial charge in [-0.25, -0.2) is 0 Å². The summed E-state index contributed by atoms with van der Waals surface area (Å²) in [6, 6.07) is 0. The van der Waals surface area contributed by atoms with Crippen molar-refractivity contribution in [2.24, 2.45) is 11.3 Å². The van der Waals surface area contributed by atoms with Crippen LogP contribution < -0.4 is 0 Å². The Morgan fingerprint density at radius 1 is 1.27 bits per heavy atom. The van der Waals surface area contributed by atoms with E-state index in [9.17, 15) is 4.79 Å². The molecule has 0 aromatic carbocycles. The summed E-state index contributed by atoms with van der Waals surface area (Å²) in [7, 11) is 0. The summed E-state index contributed by atoms with van der Waals surface area (Å²) < 4.78 is 0. The summed E-state index contributed by atoms with van der Waals surface area (Å²) in [5.74, 6) is 1.25. The molecule has 0 radical (unpaired) electrons. The Kier molecular flexibility index (Phi) is 4.82. The van der Waals surface area contributed by atoms with Gasteiger partial charge in [0.25, 0.3) is 0 Å². The highest BCUT2D eigenvalue weighted by Crippen LogP contribution is 2.39. The minimum atomic E-state index is 0.272. The largest absolute Gasteiger partial charge is 0.300 e. The zero-order chi connectivity index (χ0) is 11.3. The van der Waals surface area contributed by atoms with Gasteiger partial charge >= 0.3 is 0 Å². The van der Waals surface area contributed by atoms with Gasteiger partial charge in [0.2, 0.25) is 0 Å². The van der Waals surface area contributed by atoms with Crippen LogP contribution in [0.2, 0.25) is 0 Å². The fourth-order valence-electron chi connectivity index (χ4n) is 3.03. The number of carbonyl (C=O) groups excluding carboxylic acids is 1. The van der Waals surface area contributed by atoms with Crippen molar-refractivity contribution in [2.75, 3.05) is 0 Å². The predicted octanol–water partition coefficient (Wildman–Crippen LogP) is 4.35. The smallest absolute Gasteiger partial charge is 0.130 e. The molecule has 0 aromatic heterocycles. The van der Waals surface area contributed by atoms with Gasteiger partial charge < -0.3 is 4.79 Å². The van der Waals surface area contributed by atoms with Crippen LogP contribution in [-0.4, -0.2) is 5.78 Å². The predicted molar refractivity (Wildman–Crippen MR) is 64.9 cm³/mol. The lowest BCUT2D eigenvalue weighted by atomic mass is 9.72. The molecule has 1 fully saturated rings. The molecular weight excluding hydrogens is 184 g/mol. The van der Waals surface area contributed by atoms with Gasteiger partial charge in [-0.3, -0.25) is 0 Å². The van der Waals surface area contributed by atoms with Crippen LogP contribution in [0.25, 0.3) is 0 Å². The summed E-state index contributed by atoms with van der Waals surface area (Å²) in [6.07, 6.45) is 10.2. The van der Waals surface area contributed by atoms with Crippen molar-refractivity contribution in [1.82, 2.24) is 0 Å². The molecule has 1 atom stereocenters. The fourth-order valence-corrected chi connectivity index (χ4v) is 3.03. The molecule has 1 heteroatoms. The molecule has 88 valence electrons. The molecule has 1 nitrogen and oxygen atoms in total. The second kappa shape index (κ2) is 5.67. The van der Waals surface area contributed by atoms with E-state index in [2.05, 4.69) is 13.8 Å². The van der Waals surface area contributed by atoms with Crippen molar-refractivity contribution < 1.29 is 4.79 Å². The number of Topliss-reactive ketones (excluding diaryl/α,β-unsaturated/α-hetero) is 1. The first-order valence-corrected chi connectivity index (χ1v) is 6.55. The van der Waals surface area contributed by atoms with E-state index in [-0.39, 0.29) is 5.41 Å². The summed E-state index contributed by atoms with van der Waals surface area (Å²) in [4.78, 5) is 11.3. The Morgan fingerprint density at radius 3 is 2.33 bits per heavy atom. The van der Waals surface area contributed by atoms with Crippen molar-refractivity contribution in [3.63, 3.8) is 0 Å². The second-order valence-electron chi connectivity index (χ2n) is 5.75. The van der Waals surface area contributed by atoms with E-state index in [0.717, 1.165) is 18.8 Å². The molecule has 0 aromatic rings. The first-order valence-electron chi connectivity index (χ1n) is 6.55. The second-order valence-corrected chi connectivity index (χ2v) is 5.75. The van der Waals surface area contributed by atoms with E-state index in [1.165, 1.54) is 38.5 Å². The maximum Gasteiger partial charge on any atom is 0.130 e. The van der Waals surface area contributed by atoms with E-state index < -0.39 is 0 Å². The highest BCUT2D eigenvalue weighted by atomic mass is 16.1. The van der Waals surface area contributed by atoms with Gasteiger partial charge in [0.05, 0.1) is 0 Å². The van der Waals surface area contributed by atoms with Crippen molar-refractivity contribution in [3.8, 4) is 0 Å². The molecule has 0 heterocycles. The Labute approximate surface area is 94.6 Å². The first kappa shape index (κ1) is 12.7. The van der Waals surface area contributed by atoms with E-state index >= 15 is 0 Å². The SMILES string of the molecule is CCC(C)(CC(C)=O)CC1CCCCC1. The molecular formula is C14H26O. The van der Waals surface area contributed by atoms with Crippen LogP contribution in [0.5, 0.6) is 0 Å². The molecule has 1 rings (SSSR count). The highest BCUT2D eigenvalue weighted by Gasteiger charge is 2.28. The maximum atomic E-state index is 11.3. The van der Waals surface area contributed by atoms with Gasteiger partial charge in [-0.05, 0) is 24.7 Å². The zero-order valence-electron chi connectivity index (χ0n) is 10.6. The van der Waals surface area contributed by atoms with E-state index in [1.807, 2.05) is 0 Å². The minimum Gasteiger partial charge on any atom is -0.300 e. The van der Waals surface area contributed by atoms with Crippen molar-refractivity contribution in [2.45, 2.75) is 72.1 Å². The number of rotatable bonds is 5. The fraction of sp³-hybridized carbons (Fsp3) is 0.929. The van der Waals surface area contributed by atoms with Gasteiger partial charge in [0, 0.05) is 6.42 Å². The van der Waals surface area contributed by atoms with Gasteiger partial charge in [0.1, 0.15) is 5.78 Å². The maximum absolute atomic E-state index is 11.3. The Bertz CT molecular complexity index is 203. The number of hydrogen-bond acceptors (Lipinski definition) is 1. The molecule has 0 aliphatic heterocycles. The number of ketones is 1. The molecule has 1 aliphatic carbocycles. The summed E-state index contributed by atoms with van der Waals surface area (Å²) in [5.41, 5.74) is 0.272. The quantitative estimate of drug-likeness (QED) is 0.659. The van der Waals surface area contributed by atoms with Gasteiger partial charge in [-0.15, -0.1) is 0 Å². The summed E-state index contributed by atoms with van der Waals surface area (Å²) in [5, 5.41) is 0. The van der Waals surface area contributed by atoms with Crippen LogP contribution in [0.3, 0.4) is 0 Å². The lowest BCUT2D eigenvalue weighted by Gasteiger charge is -2.33. The molecule has 1 aliphatic rings. The topological polar surface area (TPSA) is 17.1 Å². The number of hydrogen-bond donors (Lipinski definition) is 0. The number of carbonyl (C=O) groups is 1. The summed E-state index contributed by atoms with van der Waals surface area (Å²) >= 11 is 0. The lowest BCUT2D eigenvalue weighted by molar-refractivity contribution is -0.119. The van der Waals surface area contributed by atoms with Crippen LogP contribution in [0.4, 0.5) is 0 Å². The normalized spacial score (nSPS) is 22.3. The molecule has 1 saturated carbocycles. The third kappa shape index (κ3) is 4.36. The molecule has 0 spiro atoms. The minimum absolute atomic E-state index is 0.272. The van der Waals surface area contributed by atoms with Gasteiger partial charge in [-0.2, -0.15) is 0 Å². The van der Waals surface area contributed by atoms with E-state index in [0.29, 0.717) is 5.78 Å². The Hall–Kier alpha value is -0.330. The van der Waals surface area contributed by atoms with Crippen LogP contribution >= 0.6 is 0 Å². The molecule has 1 unspecified atom stereocenters. The van der Waals surface area contributed by atoms with Crippen LogP contribution in [0.15, 0.2) is 0 Å². The standard InChI is InChI=1S/C14H26O/c1-4-14(3,10-12(2)15)11-13-8-6-5-7-9-13/h13H,4-11H2,1-3H3. The van der Waals surface area contributed by atoms with Crippen molar-refractivity contribution in [1.29, 1.82) is 0 Å². The van der Waals surface area contributed by atoms with Crippen LogP contribution in [0.1, 0.15) is 72.1 Å². The average Bonchev–Trinajstić information content (AvgIpc) is 2.18. The Morgan fingerprint density at radius 2 is 1.87 bits per heavy atom. The van der Waals surface area contributed by atoms with Crippen molar-refractivity contribution in [3.05, 3.63) is 0 Å². The zero-order valence-corrected chi connectivity index (χ0v) is 10.6. The average molecular weight is 210 g/mol. The van der Waals surface area contributed by atoms with Crippen LogP contribution in [-0.2, 0) is 4.79 Å². The lowest BCUT2D eigenvalue weighted by Crippen LogP contribution is -2.24. The van der Waals surface area contributed by atoms with E-state index in [1.54, 1.807) is 6.92 Å². The highest BCUT2D eigenvalue weighted by molar-refractivity contribution is 5.76. The first-order chi connectivity index (χ1) is 7.06. The molecule has 15 heavy (non-hydrogen) atoms. The third-order valence-corrected chi connectivity index (χ3v) is 4.04. The van der Waals surface area contributed by atoms with Crippen LogP contribution in [0, 0.1) is 11.3 Å². The Balaban J connectivity index is 2.46. The molecule has 0 saturated heterocycles. The molecule has 0 bridgehead atoms. The molecule has 0 N–H and O–H groups in total. The van der Waals surface area contributed by atoms with Gasteiger partial charge in [0.15, 0.2) is 0 Å². The monoisotopic (exact) mass is 210 g/mol. The van der Waals surface area contributed by atoms with Gasteiger partial charge in [-0.1, -0.05) is 52.4 Å². The third-order valence-electron chi connectivity index (χ3n) is 4.04.